The summed E-state index contributed by atoms with van der Waals surface area (Å²) < 4.78 is 5.68. The van der Waals surface area contributed by atoms with Crippen LogP contribution in [0.4, 0.5) is 0 Å². The second kappa shape index (κ2) is 6.30. The van der Waals surface area contributed by atoms with E-state index in [0.29, 0.717) is 0 Å². The number of aromatic nitrogens is 1. The van der Waals surface area contributed by atoms with E-state index in [4.69, 9.17) is 4.74 Å². The maximum Gasteiger partial charge on any atom is 0.253 e. The zero-order valence-electron chi connectivity index (χ0n) is 14.0. The van der Waals surface area contributed by atoms with Gasteiger partial charge in [0.05, 0.1) is 17.3 Å². The number of hydrogen-bond donors (Lipinski definition) is 0. The summed E-state index contributed by atoms with van der Waals surface area (Å²) in [6.07, 6.45) is 3.35. The minimum Gasteiger partial charge on any atom is -0.381 e. The molecule has 0 saturated carbocycles. The molecule has 3 heterocycles. The fraction of sp³-hybridized carbons (Fsp3) is 0.474. The van der Waals surface area contributed by atoms with Crippen LogP contribution in [-0.4, -0.2) is 42.1 Å². The second-order valence-electron chi connectivity index (χ2n) is 6.97. The Hall–Kier alpha value is -1.72. The summed E-state index contributed by atoms with van der Waals surface area (Å²) in [4.78, 5) is 19.5. The number of aryl methyl sites for hydroxylation is 1. The summed E-state index contributed by atoms with van der Waals surface area (Å²) in [7, 11) is 0. The van der Waals surface area contributed by atoms with E-state index in [0.717, 1.165) is 61.0 Å². The summed E-state index contributed by atoms with van der Waals surface area (Å²) in [6, 6.07) is 7.85. The lowest BCUT2D eigenvalue weighted by atomic mass is 9.82. The van der Waals surface area contributed by atoms with Gasteiger partial charge in [-0.15, -0.1) is 11.3 Å². The maximum absolute atomic E-state index is 12.9. The number of thiazole rings is 1. The highest BCUT2D eigenvalue weighted by atomic mass is 32.1. The van der Waals surface area contributed by atoms with Gasteiger partial charge in [0.25, 0.3) is 5.91 Å². The summed E-state index contributed by atoms with van der Waals surface area (Å²) in [6.45, 7) is 5.33. The molecule has 0 radical (unpaired) electrons. The molecule has 1 aromatic carbocycles. The van der Waals surface area contributed by atoms with Gasteiger partial charge < -0.3 is 9.64 Å². The van der Waals surface area contributed by atoms with Gasteiger partial charge >= 0.3 is 0 Å². The number of rotatable bonds is 2. The SMILES string of the molecule is Cc1nc(-c2cccc(C(=O)N3CCC4(CCCOC4)C3)c2)cs1. The Morgan fingerprint density at radius 1 is 1.38 bits per heavy atom. The second-order valence-corrected chi connectivity index (χ2v) is 8.03. The van der Waals surface area contributed by atoms with Crippen molar-refractivity contribution in [1.29, 1.82) is 0 Å². The van der Waals surface area contributed by atoms with Gasteiger partial charge in [0.2, 0.25) is 0 Å². The van der Waals surface area contributed by atoms with Crippen molar-refractivity contribution in [1.82, 2.24) is 9.88 Å². The highest BCUT2D eigenvalue weighted by Gasteiger charge is 2.41. The summed E-state index contributed by atoms with van der Waals surface area (Å²) in [5.41, 5.74) is 2.91. The van der Waals surface area contributed by atoms with E-state index in [-0.39, 0.29) is 11.3 Å². The monoisotopic (exact) mass is 342 g/mol. The number of carbonyl (C=O) groups is 1. The predicted molar refractivity (Wildman–Crippen MR) is 95.3 cm³/mol. The van der Waals surface area contributed by atoms with E-state index in [9.17, 15) is 4.79 Å². The molecular formula is C19H22N2O2S. The Balaban J connectivity index is 1.53. The zero-order valence-corrected chi connectivity index (χ0v) is 14.8. The van der Waals surface area contributed by atoms with Crippen molar-refractivity contribution in [2.24, 2.45) is 5.41 Å². The van der Waals surface area contributed by atoms with Crippen molar-refractivity contribution in [2.45, 2.75) is 26.2 Å². The topological polar surface area (TPSA) is 42.4 Å². The third-order valence-corrected chi connectivity index (χ3v) is 5.93. The first kappa shape index (κ1) is 15.8. The lowest BCUT2D eigenvalue weighted by molar-refractivity contribution is -0.00160. The minimum absolute atomic E-state index is 0.131. The third kappa shape index (κ3) is 2.98. The number of benzene rings is 1. The van der Waals surface area contributed by atoms with Gasteiger partial charge in [0.1, 0.15) is 0 Å². The lowest BCUT2D eigenvalue weighted by Gasteiger charge is -2.33. The first-order valence-electron chi connectivity index (χ1n) is 8.55. The molecular weight excluding hydrogens is 320 g/mol. The number of carbonyl (C=O) groups excluding carboxylic acids is 1. The molecule has 4 rings (SSSR count). The Morgan fingerprint density at radius 3 is 3.04 bits per heavy atom. The molecule has 5 heteroatoms. The largest absolute Gasteiger partial charge is 0.381 e. The molecule has 2 fully saturated rings. The van der Waals surface area contributed by atoms with Gasteiger partial charge in [0.15, 0.2) is 0 Å². The first-order valence-corrected chi connectivity index (χ1v) is 9.43. The molecule has 0 bridgehead atoms. The van der Waals surface area contributed by atoms with E-state index in [1.54, 1.807) is 11.3 Å². The highest BCUT2D eigenvalue weighted by Crippen LogP contribution is 2.38. The molecule has 1 amide bonds. The van der Waals surface area contributed by atoms with Crippen molar-refractivity contribution in [3.8, 4) is 11.3 Å². The normalized spacial score (nSPS) is 23.8. The van der Waals surface area contributed by atoms with Crippen LogP contribution in [0.25, 0.3) is 11.3 Å². The van der Waals surface area contributed by atoms with Crippen molar-refractivity contribution in [2.75, 3.05) is 26.3 Å². The van der Waals surface area contributed by atoms with Crippen LogP contribution < -0.4 is 0 Å². The molecule has 1 aromatic heterocycles. The molecule has 2 saturated heterocycles. The smallest absolute Gasteiger partial charge is 0.253 e. The highest BCUT2D eigenvalue weighted by molar-refractivity contribution is 7.09. The van der Waals surface area contributed by atoms with Crippen molar-refractivity contribution < 1.29 is 9.53 Å². The van der Waals surface area contributed by atoms with Crippen molar-refractivity contribution >= 4 is 17.2 Å². The van der Waals surface area contributed by atoms with E-state index >= 15 is 0 Å². The number of nitrogens with zero attached hydrogens (tertiary/aromatic N) is 2. The first-order chi connectivity index (χ1) is 11.7. The molecule has 4 nitrogen and oxygen atoms in total. The van der Waals surface area contributed by atoms with Crippen molar-refractivity contribution in [3.05, 3.63) is 40.2 Å². The van der Waals surface area contributed by atoms with Crippen molar-refractivity contribution in [3.63, 3.8) is 0 Å². The Morgan fingerprint density at radius 2 is 2.29 bits per heavy atom. The minimum atomic E-state index is 0.131. The average molecular weight is 342 g/mol. The van der Waals surface area contributed by atoms with Crippen LogP contribution in [0.2, 0.25) is 0 Å². The molecule has 2 aliphatic heterocycles. The number of amides is 1. The molecule has 24 heavy (non-hydrogen) atoms. The van der Waals surface area contributed by atoms with Gasteiger partial charge in [-0.05, 0) is 38.3 Å². The molecule has 1 unspecified atom stereocenters. The Bertz CT molecular complexity index is 749. The molecule has 1 atom stereocenters. The number of ether oxygens (including phenoxy) is 1. The Labute approximate surface area is 146 Å². The maximum atomic E-state index is 12.9. The molecule has 1 spiro atoms. The lowest BCUT2D eigenvalue weighted by Crippen LogP contribution is -2.37. The quantitative estimate of drug-likeness (QED) is 0.834. The van der Waals surface area contributed by atoms with Crippen LogP contribution in [0.1, 0.15) is 34.6 Å². The molecule has 0 aliphatic carbocycles. The van der Waals surface area contributed by atoms with Gasteiger partial charge in [-0.1, -0.05) is 12.1 Å². The van der Waals surface area contributed by atoms with E-state index < -0.39 is 0 Å². The van der Waals surface area contributed by atoms with Crippen LogP contribution >= 0.6 is 11.3 Å². The Kier molecular flexibility index (Phi) is 4.14. The van der Waals surface area contributed by atoms with Crippen LogP contribution in [0.3, 0.4) is 0 Å². The van der Waals surface area contributed by atoms with Crippen LogP contribution in [0, 0.1) is 12.3 Å². The average Bonchev–Trinajstić information content (AvgIpc) is 3.22. The van der Waals surface area contributed by atoms with Crippen LogP contribution in [0.15, 0.2) is 29.6 Å². The fourth-order valence-electron chi connectivity index (χ4n) is 3.83. The predicted octanol–water partition coefficient (Wildman–Crippen LogP) is 3.76. The summed E-state index contributed by atoms with van der Waals surface area (Å²) >= 11 is 1.63. The van der Waals surface area contributed by atoms with Crippen LogP contribution in [0.5, 0.6) is 0 Å². The van der Waals surface area contributed by atoms with E-state index in [1.807, 2.05) is 41.5 Å². The molecule has 2 aliphatic rings. The van der Waals surface area contributed by atoms with Gasteiger partial charge in [-0.2, -0.15) is 0 Å². The zero-order chi connectivity index (χ0) is 16.6. The summed E-state index contributed by atoms with van der Waals surface area (Å²) in [5.74, 6) is 0.131. The van der Waals surface area contributed by atoms with Gasteiger partial charge in [0, 0.05) is 41.6 Å². The van der Waals surface area contributed by atoms with Gasteiger partial charge in [-0.25, -0.2) is 4.98 Å². The molecule has 0 N–H and O–H groups in total. The van der Waals surface area contributed by atoms with Crippen LogP contribution in [-0.2, 0) is 4.74 Å². The van der Waals surface area contributed by atoms with Gasteiger partial charge in [-0.3, -0.25) is 4.79 Å². The third-order valence-electron chi connectivity index (χ3n) is 5.15. The fourth-order valence-corrected chi connectivity index (χ4v) is 4.45. The number of hydrogen-bond acceptors (Lipinski definition) is 4. The summed E-state index contributed by atoms with van der Waals surface area (Å²) in [5, 5.41) is 3.09. The standard InChI is InChI=1S/C19H22N2O2S/c1-14-20-17(11-24-14)15-4-2-5-16(10-15)18(22)21-8-7-19(12-21)6-3-9-23-13-19/h2,4-5,10-11H,3,6-9,12-13H2,1H3. The van der Waals surface area contributed by atoms with E-state index in [2.05, 4.69) is 4.98 Å². The molecule has 126 valence electrons. The van der Waals surface area contributed by atoms with E-state index in [1.165, 1.54) is 6.42 Å². The number of likely N-dealkylation sites (tertiary alicyclic amines) is 1. The molecule has 2 aromatic rings.